The normalized spacial score (nSPS) is 11.2. The van der Waals surface area contributed by atoms with Crippen LogP contribution in [0.2, 0.25) is 0 Å². The quantitative estimate of drug-likeness (QED) is 0.364. The van der Waals surface area contributed by atoms with Gasteiger partial charge in [-0.25, -0.2) is 4.39 Å². The zero-order chi connectivity index (χ0) is 21.0. The SMILES string of the molecule is Cc1cc(F)ccc1NC(=O)c1ccc(SNc2cccc(C(F)(F)F)c2)cc1. The smallest absolute Gasteiger partial charge is 0.326 e. The number of hydrogen-bond donors (Lipinski definition) is 2. The molecule has 2 N–H and O–H groups in total. The number of aryl methyl sites for hydroxylation is 1. The second-order valence-corrected chi connectivity index (χ2v) is 7.10. The lowest BCUT2D eigenvalue weighted by Gasteiger charge is -2.11. The van der Waals surface area contributed by atoms with Gasteiger partial charge in [-0.1, -0.05) is 6.07 Å². The summed E-state index contributed by atoms with van der Waals surface area (Å²) in [6.45, 7) is 1.69. The van der Waals surface area contributed by atoms with Crippen molar-refractivity contribution in [3.8, 4) is 0 Å². The number of alkyl halides is 3. The molecule has 0 bridgehead atoms. The molecule has 150 valence electrons. The molecule has 3 nitrogen and oxygen atoms in total. The van der Waals surface area contributed by atoms with Gasteiger partial charge in [0, 0.05) is 21.8 Å². The van der Waals surface area contributed by atoms with Crippen molar-refractivity contribution in [3.63, 3.8) is 0 Å². The average Bonchev–Trinajstić information content (AvgIpc) is 2.68. The molecule has 0 spiro atoms. The van der Waals surface area contributed by atoms with E-state index in [2.05, 4.69) is 10.0 Å². The van der Waals surface area contributed by atoms with Crippen LogP contribution >= 0.6 is 11.9 Å². The van der Waals surface area contributed by atoms with Crippen LogP contribution in [0.15, 0.2) is 71.6 Å². The molecule has 0 radical (unpaired) electrons. The fraction of sp³-hybridized carbons (Fsp3) is 0.0952. The van der Waals surface area contributed by atoms with Crippen molar-refractivity contribution in [3.05, 3.63) is 89.2 Å². The summed E-state index contributed by atoms with van der Waals surface area (Å²) >= 11 is 1.13. The Balaban J connectivity index is 1.62. The number of amides is 1. The summed E-state index contributed by atoms with van der Waals surface area (Å²) in [5.41, 5.74) is 1.11. The zero-order valence-corrected chi connectivity index (χ0v) is 16.0. The van der Waals surface area contributed by atoms with Crippen LogP contribution in [0.1, 0.15) is 21.5 Å². The van der Waals surface area contributed by atoms with Gasteiger partial charge in [0.2, 0.25) is 0 Å². The van der Waals surface area contributed by atoms with Crippen molar-refractivity contribution in [2.24, 2.45) is 0 Å². The highest BCUT2D eigenvalue weighted by molar-refractivity contribution is 8.00. The molecule has 0 atom stereocenters. The molecule has 0 saturated carbocycles. The Morgan fingerprint density at radius 1 is 0.966 bits per heavy atom. The second kappa shape index (κ2) is 8.57. The van der Waals surface area contributed by atoms with Gasteiger partial charge in [0.25, 0.3) is 5.91 Å². The molecule has 0 fully saturated rings. The summed E-state index contributed by atoms with van der Waals surface area (Å²) in [6.07, 6.45) is -4.40. The van der Waals surface area contributed by atoms with Crippen molar-refractivity contribution in [2.75, 3.05) is 10.0 Å². The van der Waals surface area contributed by atoms with E-state index in [1.807, 2.05) is 0 Å². The molecule has 0 unspecified atom stereocenters. The van der Waals surface area contributed by atoms with Crippen LogP contribution in [0.5, 0.6) is 0 Å². The van der Waals surface area contributed by atoms with Crippen LogP contribution in [0.3, 0.4) is 0 Å². The van der Waals surface area contributed by atoms with Crippen LogP contribution in [-0.4, -0.2) is 5.91 Å². The Bertz CT molecular complexity index is 1020. The van der Waals surface area contributed by atoms with E-state index in [0.29, 0.717) is 22.5 Å². The fourth-order valence-electron chi connectivity index (χ4n) is 2.51. The van der Waals surface area contributed by atoms with E-state index >= 15 is 0 Å². The average molecular weight is 420 g/mol. The van der Waals surface area contributed by atoms with E-state index in [-0.39, 0.29) is 11.7 Å². The maximum Gasteiger partial charge on any atom is 0.416 e. The van der Waals surface area contributed by atoms with Crippen LogP contribution in [-0.2, 0) is 6.18 Å². The van der Waals surface area contributed by atoms with Gasteiger partial charge in [0.15, 0.2) is 0 Å². The van der Waals surface area contributed by atoms with E-state index in [1.165, 1.54) is 30.3 Å². The molecule has 0 heterocycles. The number of hydrogen-bond acceptors (Lipinski definition) is 3. The predicted molar refractivity (Wildman–Crippen MR) is 106 cm³/mol. The molecule has 0 aliphatic rings. The highest BCUT2D eigenvalue weighted by Crippen LogP contribution is 2.32. The van der Waals surface area contributed by atoms with Crippen molar-refractivity contribution >= 4 is 29.2 Å². The van der Waals surface area contributed by atoms with Crippen LogP contribution in [0.25, 0.3) is 0 Å². The lowest BCUT2D eigenvalue weighted by Crippen LogP contribution is -2.12. The maximum atomic E-state index is 13.2. The molecule has 0 aromatic heterocycles. The van der Waals surface area contributed by atoms with E-state index in [0.717, 1.165) is 29.0 Å². The van der Waals surface area contributed by atoms with Gasteiger partial charge in [-0.15, -0.1) is 0 Å². The Kier molecular flexibility index (Phi) is 6.12. The number of carbonyl (C=O) groups is 1. The van der Waals surface area contributed by atoms with E-state index in [4.69, 9.17) is 0 Å². The molecule has 3 aromatic carbocycles. The third kappa shape index (κ3) is 5.51. The highest BCUT2D eigenvalue weighted by atomic mass is 32.2. The fourth-order valence-corrected chi connectivity index (χ4v) is 3.15. The van der Waals surface area contributed by atoms with Crippen molar-refractivity contribution in [2.45, 2.75) is 18.0 Å². The number of carbonyl (C=O) groups excluding carboxylic acids is 1. The lowest BCUT2D eigenvalue weighted by molar-refractivity contribution is -0.137. The van der Waals surface area contributed by atoms with Crippen LogP contribution < -0.4 is 10.0 Å². The first kappa shape index (κ1) is 20.7. The topological polar surface area (TPSA) is 41.1 Å². The summed E-state index contributed by atoms with van der Waals surface area (Å²) < 4.78 is 54.3. The number of anilines is 2. The molecule has 0 aliphatic carbocycles. The van der Waals surface area contributed by atoms with Gasteiger partial charge < -0.3 is 10.0 Å². The molecule has 29 heavy (non-hydrogen) atoms. The zero-order valence-electron chi connectivity index (χ0n) is 15.2. The summed E-state index contributed by atoms with van der Waals surface area (Å²) in [7, 11) is 0. The molecule has 3 rings (SSSR count). The third-order valence-electron chi connectivity index (χ3n) is 4.03. The molecule has 1 amide bonds. The van der Waals surface area contributed by atoms with Crippen molar-refractivity contribution in [1.82, 2.24) is 0 Å². The van der Waals surface area contributed by atoms with Gasteiger partial charge in [-0.05, 0) is 85.1 Å². The van der Waals surface area contributed by atoms with E-state index in [9.17, 15) is 22.4 Å². The van der Waals surface area contributed by atoms with Crippen molar-refractivity contribution in [1.29, 1.82) is 0 Å². The van der Waals surface area contributed by atoms with Gasteiger partial charge in [-0.3, -0.25) is 4.79 Å². The maximum absolute atomic E-state index is 13.2. The lowest BCUT2D eigenvalue weighted by atomic mass is 10.1. The highest BCUT2D eigenvalue weighted by Gasteiger charge is 2.30. The summed E-state index contributed by atoms with van der Waals surface area (Å²) in [5, 5.41) is 2.72. The van der Waals surface area contributed by atoms with Gasteiger partial charge in [-0.2, -0.15) is 13.2 Å². The van der Waals surface area contributed by atoms with E-state index < -0.39 is 11.7 Å². The number of halogens is 4. The summed E-state index contributed by atoms with van der Waals surface area (Å²) in [6, 6.07) is 15.5. The Labute approximate surface area is 169 Å². The standard InChI is InChI=1S/C21H16F4N2OS/c1-13-11-16(22)7-10-19(13)26-20(28)14-5-8-18(9-6-14)29-27-17-4-2-3-15(12-17)21(23,24)25/h2-12,27H,1H3,(H,26,28). The Morgan fingerprint density at radius 3 is 2.34 bits per heavy atom. The predicted octanol–water partition coefficient (Wildman–Crippen LogP) is 6.52. The summed E-state index contributed by atoms with van der Waals surface area (Å²) in [5.74, 6) is -0.725. The first-order valence-electron chi connectivity index (χ1n) is 8.50. The minimum Gasteiger partial charge on any atom is -0.326 e. The minimum atomic E-state index is -4.40. The summed E-state index contributed by atoms with van der Waals surface area (Å²) in [4.78, 5) is 13.1. The molecule has 3 aromatic rings. The van der Waals surface area contributed by atoms with Crippen molar-refractivity contribution < 1.29 is 22.4 Å². The van der Waals surface area contributed by atoms with E-state index in [1.54, 1.807) is 31.2 Å². The van der Waals surface area contributed by atoms with Crippen LogP contribution in [0.4, 0.5) is 28.9 Å². The molecular formula is C21H16F4N2OS. The Hall–Kier alpha value is -3.00. The largest absolute Gasteiger partial charge is 0.416 e. The first-order chi connectivity index (χ1) is 13.7. The first-order valence-corrected chi connectivity index (χ1v) is 9.32. The second-order valence-electron chi connectivity index (χ2n) is 6.22. The number of benzene rings is 3. The molecular weight excluding hydrogens is 404 g/mol. The molecule has 8 heteroatoms. The molecule has 0 saturated heterocycles. The van der Waals surface area contributed by atoms with Gasteiger partial charge in [0.05, 0.1) is 5.56 Å². The van der Waals surface area contributed by atoms with Gasteiger partial charge >= 0.3 is 6.18 Å². The monoisotopic (exact) mass is 420 g/mol. The Morgan fingerprint density at radius 2 is 1.69 bits per heavy atom. The molecule has 0 aliphatic heterocycles. The van der Waals surface area contributed by atoms with Crippen LogP contribution in [0, 0.1) is 12.7 Å². The van der Waals surface area contributed by atoms with Gasteiger partial charge in [0.1, 0.15) is 5.82 Å². The third-order valence-corrected chi connectivity index (χ3v) is 4.88. The number of nitrogens with one attached hydrogen (secondary N) is 2. The number of rotatable bonds is 5. The minimum absolute atomic E-state index is 0.318.